The summed E-state index contributed by atoms with van der Waals surface area (Å²) < 4.78 is 0. The fourth-order valence-electron chi connectivity index (χ4n) is 1.62. The zero-order valence-electron chi connectivity index (χ0n) is 9.57. The van der Waals surface area contributed by atoms with Crippen LogP contribution < -0.4 is 10.6 Å². The third kappa shape index (κ3) is 3.21. The molecule has 0 aromatic carbocycles. The Balaban J connectivity index is 2.06. The Bertz CT molecular complexity index is 562. The quantitative estimate of drug-likeness (QED) is 0.628. The fraction of sp³-hybridized carbons (Fsp3) is 0.273. The van der Waals surface area contributed by atoms with Gasteiger partial charge >= 0.3 is 0 Å². The Morgan fingerprint density at radius 1 is 1.42 bits per heavy atom. The molecule has 1 atom stereocenters. The SMILES string of the molecule is O=C1CCC(NC(=O)c2cnc(Cl)c(Cl)c2)C(=O)N1. The molecule has 1 unspecified atom stereocenters. The molecule has 19 heavy (non-hydrogen) atoms. The van der Waals surface area contributed by atoms with Gasteiger partial charge in [-0.1, -0.05) is 23.2 Å². The van der Waals surface area contributed by atoms with E-state index in [0.717, 1.165) is 0 Å². The lowest BCUT2D eigenvalue weighted by Gasteiger charge is -2.21. The molecule has 2 rings (SSSR count). The van der Waals surface area contributed by atoms with Crippen molar-refractivity contribution in [1.29, 1.82) is 0 Å². The third-order valence-electron chi connectivity index (χ3n) is 2.60. The Kier molecular flexibility index (Phi) is 4.01. The molecule has 0 bridgehead atoms. The maximum atomic E-state index is 11.9. The van der Waals surface area contributed by atoms with Crippen molar-refractivity contribution in [3.8, 4) is 0 Å². The molecule has 0 spiro atoms. The van der Waals surface area contributed by atoms with Gasteiger partial charge in [-0.05, 0) is 12.5 Å². The van der Waals surface area contributed by atoms with Crippen LogP contribution in [-0.2, 0) is 9.59 Å². The van der Waals surface area contributed by atoms with Crippen molar-refractivity contribution in [2.45, 2.75) is 18.9 Å². The summed E-state index contributed by atoms with van der Waals surface area (Å²) in [7, 11) is 0. The Labute approximate surface area is 118 Å². The van der Waals surface area contributed by atoms with Gasteiger partial charge in [0, 0.05) is 12.6 Å². The van der Waals surface area contributed by atoms with Crippen LogP contribution in [0.4, 0.5) is 0 Å². The summed E-state index contributed by atoms with van der Waals surface area (Å²) in [6.45, 7) is 0. The topological polar surface area (TPSA) is 88.2 Å². The molecule has 0 radical (unpaired) electrons. The first-order valence-corrected chi connectivity index (χ1v) is 6.18. The number of hydrogen-bond acceptors (Lipinski definition) is 4. The number of halogens is 2. The van der Waals surface area contributed by atoms with E-state index in [1.165, 1.54) is 12.3 Å². The average Bonchev–Trinajstić information content (AvgIpc) is 2.36. The van der Waals surface area contributed by atoms with Crippen LogP contribution in [0.5, 0.6) is 0 Å². The van der Waals surface area contributed by atoms with Gasteiger partial charge in [-0.25, -0.2) is 4.98 Å². The summed E-state index contributed by atoms with van der Waals surface area (Å²) in [5.41, 5.74) is 0.194. The first-order valence-electron chi connectivity index (χ1n) is 5.43. The number of carbonyl (C=O) groups is 3. The van der Waals surface area contributed by atoms with Crippen molar-refractivity contribution >= 4 is 40.9 Å². The van der Waals surface area contributed by atoms with Gasteiger partial charge in [-0.15, -0.1) is 0 Å². The number of carbonyl (C=O) groups excluding carboxylic acids is 3. The number of hydrogen-bond donors (Lipinski definition) is 2. The van der Waals surface area contributed by atoms with E-state index in [4.69, 9.17) is 23.2 Å². The summed E-state index contributed by atoms with van der Waals surface area (Å²) in [5, 5.41) is 4.91. The highest BCUT2D eigenvalue weighted by molar-refractivity contribution is 6.41. The molecule has 6 nitrogen and oxygen atoms in total. The smallest absolute Gasteiger partial charge is 0.253 e. The summed E-state index contributed by atoms with van der Waals surface area (Å²) >= 11 is 11.4. The molecule has 2 heterocycles. The van der Waals surface area contributed by atoms with Crippen LogP contribution in [0.1, 0.15) is 23.2 Å². The highest BCUT2D eigenvalue weighted by atomic mass is 35.5. The van der Waals surface area contributed by atoms with E-state index in [1.807, 2.05) is 0 Å². The molecule has 8 heteroatoms. The number of amides is 3. The van der Waals surface area contributed by atoms with Gasteiger partial charge in [0.1, 0.15) is 11.2 Å². The number of piperidine rings is 1. The fourth-order valence-corrected chi connectivity index (χ4v) is 1.89. The molecule has 1 aliphatic rings. The molecular formula is C11H9Cl2N3O3. The summed E-state index contributed by atoms with van der Waals surface area (Å²) in [4.78, 5) is 38.1. The summed E-state index contributed by atoms with van der Waals surface area (Å²) in [5.74, 6) is -1.36. The van der Waals surface area contributed by atoms with Gasteiger partial charge in [0.2, 0.25) is 11.8 Å². The maximum absolute atomic E-state index is 11.9. The van der Waals surface area contributed by atoms with Crippen LogP contribution in [0, 0.1) is 0 Å². The summed E-state index contributed by atoms with van der Waals surface area (Å²) in [6.07, 6.45) is 1.72. The lowest BCUT2D eigenvalue weighted by molar-refractivity contribution is -0.134. The zero-order valence-corrected chi connectivity index (χ0v) is 11.1. The lowest BCUT2D eigenvalue weighted by atomic mass is 10.1. The van der Waals surface area contributed by atoms with Crippen molar-refractivity contribution in [2.24, 2.45) is 0 Å². The van der Waals surface area contributed by atoms with E-state index < -0.39 is 17.9 Å². The van der Waals surface area contributed by atoms with Crippen LogP contribution in [0.3, 0.4) is 0 Å². The van der Waals surface area contributed by atoms with E-state index in [0.29, 0.717) is 0 Å². The van der Waals surface area contributed by atoms with Gasteiger partial charge < -0.3 is 5.32 Å². The van der Waals surface area contributed by atoms with Gasteiger partial charge in [-0.3, -0.25) is 19.7 Å². The highest BCUT2D eigenvalue weighted by Crippen LogP contribution is 2.19. The van der Waals surface area contributed by atoms with Crippen molar-refractivity contribution < 1.29 is 14.4 Å². The van der Waals surface area contributed by atoms with Crippen molar-refractivity contribution in [2.75, 3.05) is 0 Å². The number of nitrogens with zero attached hydrogens (tertiary/aromatic N) is 1. The van der Waals surface area contributed by atoms with Crippen LogP contribution in [0.2, 0.25) is 10.2 Å². The minimum atomic E-state index is -0.736. The minimum absolute atomic E-state index is 0.0965. The van der Waals surface area contributed by atoms with E-state index in [2.05, 4.69) is 15.6 Å². The van der Waals surface area contributed by atoms with Gasteiger partial charge in [0.25, 0.3) is 5.91 Å². The highest BCUT2D eigenvalue weighted by Gasteiger charge is 2.28. The monoisotopic (exact) mass is 301 g/mol. The zero-order chi connectivity index (χ0) is 14.0. The van der Waals surface area contributed by atoms with E-state index in [-0.39, 0.29) is 34.5 Å². The molecule has 0 aliphatic carbocycles. The first-order chi connectivity index (χ1) is 8.97. The van der Waals surface area contributed by atoms with E-state index in [9.17, 15) is 14.4 Å². The lowest BCUT2D eigenvalue weighted by Crippen LogP contribution is -2.52. The second-order valence-corrected chi connectivity index (χ2v) is 4.74. The second kappa shape index (κ2) is 5.54. The van der Waals surface area contributed by atoms with Crippen molar-refractivity contribution in [1.82, 2.24) is 15.6 Å². The van der Waals surface area contributed by atoms with Crippen LogP contribution in [0.25, 0.3) is 0 Å². The van der Waals surface area contributed by atoms with Crippen LogP contribution >= 0.6 is 23.2 Å². The van der Waals surface area contributed by atoms with Crippen molar-refractivity contribution in [3.05, 3.63) is 28.0 Å². The Morgan fingerprint density at radius 3 is 2.79 bits per heavy atom. The first kappa shape index (κ1) is 13.8. The number of rotatable bonds is 2. The normalized spacial score (nSPS) is 18.9. The van der Waals surface area contributed by atoms with Crippen molar-refractivity contribution in [3.63, 3.8) is 0 Å². The standard InChI is InChI=1S/C11H9Cl2N3O3/c12-6-3-5(4-14-9(6)13)10(18)15-7-1-2-8(17)16-11(7)19/h3-4,7H,1-2H2,(H,15,18)(H,16,17,19). The minimum Gasteiger partial charge on any atom is -0.340 e. The predicted octanol–water partition coefficient (Wildman–Crippen LogP) is 0.923. The van der Waals surface area contributed by atoms with Gasteiger partial charge in [0.15, 0.2) is 0 Å². The largest absolute Gasteiger partial charge is 0.340 e. The molecule has 1 fully saturated rings. The molecular weight excluding hydrogens is 293 g/mol. The molecule has 3 amide bonds. The molecule has 1 aromatic heterocycles. The number of imide groups is 1. The van der Waals surface area contributed by atoms with E-state index in [1.54, 1.807) is 0 Å². The number of aromatic nitrogens is 1. The molecule has 0 saturated carbocycles. The number of nitrogens with one attached hydrogen (secondary N) is 2. The summed E-state index contributed by atoms with van der Waals surface area (Å²) in [6, 6.07) is 0.623. The molecule has 1 saturated heterocycles. The third-order valence-corrected chi connectivity index (χ3v) is 3.29. The van der Waals surface area contributed by atoms with E-state index >= 15 is 0 Å². The molecule has 100 valence electrons. The Hall–Kier alpha value is -1.66. The molecule has 1 aromatic rings. The molecule has 2 N–H and O–H groups in total. The van der Waals surface area contributed by atoms with Gasteiger partial charge in [-0.2, -0.15) is 0 Å². The average molecular weight is 302 g/mol. The molecule has 1 aliphatic heterocycles. The van der Waals surface area contributed by atoms with Crippen LogP contribution in [-0.4, -0.2) is 28.7 Å². The van der Waals surface area contributed by atoms with Gasteiger partial charge in [0.05, 0.1) is 10.6 Å². The number of pyridine rings is 1. The predicted molar refractivity (Wildman–Crippen MR) is 67.9 cm³/mol. The Morgan fingerprint density at radius 2 is 2.16 bits per heavy atom. The van der Waals surface area contributed by atoms with Crippen LogP contribution in [0.15, 0.2) is 12.3 Å². The second-order valence-electron chi connectivity index (χ2n) is 3.97. The maximum Gasteiger partial charge on any atom is 0.253 e.